The second-order valence-corrected chi connectivity index (χ2v) is 7.67. The first-order chi connectivity index (χ1) is 15.5. The standard InChI is InChI=1S/C23H19F2N3O3S/c1-30-16-9-7-14(8-10-16)13-32-20-12-18(23(29)31-2)17(21(25)22(20)27-28-26)11-15-5-3-4-6-19(15)24/h3-10,12H,11,13H2,1-2H3. The van der Waals surface area contributed by atoms with Gasteiger partial charge in [-0.3, -0.25) is 0 Å². The minimum absolute atomic E-state index is 0.0534. The van der Waals surface area contributed by atoms with Crippen LogP contribution in [0, 0.1) is 11.6 Å². The fourth-order valence-corrected chi connectivity index (χ4v) is 4.07. The van der Waals surface area contributed by atoms with Gasteiger partial charge in [-0.05, 0) is 40.9 Å². The maximum absolute atomic E-state index is 15.5. The Kier molecular flexibility index (Phi) is 7.70. The molecule has 0 amide bonds. The molecule has 3 aromatic rings. The SMILES string of the molecule is COC(=O)c1cc(SCc2ccc(OC)cc2)c(N=[N+]=[N-])c(F)c1Cc1ccccc1F. The van der Waals surface area contributed by atoms with Crippen molar-refractivity contribution >= 4 is 23.4 Å². The Balaban J connectivity index is 2.04. The Hall–Kier alpha value is -3.55. The van der Waals surface area contributed by atoms with Crippen LogP contribution in [0.25, 0.3) is 10.4 Å². The molecule has 0 fully saturated rings. The van der Waals surface area contributed by atoms with E-state index in [4.69, 9.17) is 15.0 Å². The van der Waals surface area contributed by atoms with Crippen molar-refractivity contribution in [2.45, 2.75) is 17.1 Å². The molecule has 0 aromatic heterocycles. The molecule has 9 heteroatoms. The summed E-state index contributed by atoms with van der Waals surface area (Å²) in [5.41, 5.74) is 9.69. The van der Waals surface area contributed by atoms with Crippen molar-refractivity contribution in [3.63, 3.8) is 0 Å². The molecule has 0 heterocycles. The summed E-state index contributed by atoms with van der Waals surface area (Å²) in [6.45, 7) is 0. The molecular formula is C23H19F2N3O3S. The number of methoxy groups -OCH3 is 2. The largest absolute Gasteiger partial charge is 0.497 e. The number of azide groups is 1. The fraction of sp³-hybridized carbons (Fsp3) is 0.174. The molecule has 0 bridgehead atoms. The normalized spacial score (nSPS) is 10.4. The molecule has 164 valence electrons. The van der Waals surface area contributed by atoms with Crippen LogP contribution < -0.4 is 4.74 Å². The first kappa shape index (κ1) is 23.1. The van der Waals surface area contributed by atoms with E-state index in [9.17, 15) is 9.18 Å². The average Bonchev–Trinajstić information content (AvgIpc) is 2.82. The summed E-state index contributed by atoms with van der Waals surface area (Å²) in [5, 5.41) is 3.52. The molecule has 0 aliphatic rings. The number of hydrogen-bond donors (Lipinski definition) is 0. The summed E-state index contributed by atoms with van der Waals surface area (Å²) in [6.07, 6.45) is -0.208. The third-order valence-corrected chi connectivity index (χ3v) is 5.84. The molecule has 0 radical (unpaired) electrons. The number of benzene rings is 3. The lowest BCUT2D eigenvalue weighted by Crippen LogP contribution is -2.10. The monoisotopic (exact) mass is 455 g/mol. The van der Waals surface area contributed by atoms with E-state index in [0.29, 0.717) is 11.5 Å². The van der Waals surface area contributed by atoms with Gasteiger partial charge in [0.05, 0.1) is 25.5 Å². The second kappa shape index (κ2) is 10.7. The summed E-state index contributed by atoms with van der Waals surface area (Å²) in [7, 11) is 2.74. The van der Waals surface area contributed by atoms with Crippen LogP contribution in [0.5, 0.6) is 5.75 Å². The van der Waals surface area contributed by atoms with Crippen molar-refractivity contribution in [1.82, 2.24) is 0 Å². The van der Waals surface area contributed by atoms with E-state index in [-0.39, 0.29) is 33.7 Å². The molecule has 6 nitrogen and oxygen atoms in total. The fourth-order valence-electron chi connectivity index (χ4n) is 3.08. The van der Waals surface area contributed by atoms with Crippen LogP contribution >= 0.6 is 11.8 Å². The van der Waals surface area contributed by atoms with Gasteiger partial charge in [-0.25, -0.2) is 13.6 Å². The van der Waals surface area contributed by atoms with Crippen molar-refractivity contribution in [2.24, 2.45) is 5.11 Å². The molecule has 3 rings (SSSR count). The van der Waals surface area contributed by atoms with Gasteiger partial charge in [0, 0.05) is 27.5 Å². The van der Waals surface area contributed by atoms with Crippen LogP contribution in [0.1, 0.15) is 27.0 Å². The quantitative estimate of drug-likeness (QED) is 0.126. The summed E-state index contributed by atoms with van der Waals surface area (Å²) in [4.78, 5) is 15.4. The molecular weight excluding hydrogens is 436 g/mol. The van der Waals surface area contributed by atoms with Gasteiger partial charge in [-0.1, -0.05) is 35.4 Å². The van der Waals surface area contributed by atoms with Gasteiger partial charge in [-0.2, -0.15) is 0 Å². The molecule has 32 heavy (non-hydrogen) atoms. The third-order valence-electron chi connectivity index (χ3n) is 4.74. The van der Waals surface area contributed by atoms with Gasteiger partial charge in [0.2, 0.25) is 0 Å². The molecule has 0 aliphatic heterocycles. The lowest BCUT2D eigenvalue weighted by Gasteiger charge is -2.15. The Labute approximate surface area is 187 Å². The Morgan fingerprint density at radius 2 is 1.84 bits per heavy atom. The van der Waals surface area contributed by atoms with E-state index in [1.165, 1.54) is 43.1 Å². The van der Waals surface area contributed by atoms with Crippen LogP contribution in [-0.2, 0) is 16.9 Å². The van der Waals surface area contributed by atoms with E-state index in [1.54, 1.807) is 25.3 Å². The van der Waals surface area contributed by atoms with Crippen molar-refractivity contribution < 1.29 is 23.0 Å². The molecule has 0 N–H and O–H groups in total. The number of nitrogens with zero attached hydrogens (tertiary/aromatic N) is 3. The van der Waals surface area contributed by atoms with Gasteiger partial charge in [0.25, 0.3) is 0 Å². The second-order valence-electron chi connectivity index (χ2n) is 6.65. The lowest BCUT2D eigenvalue weighted by atomic mass is 9.98. The summed E-state index contributed by atoms with van der Waals surface area (Å²) < 4.78 is 39.6. The van der Waals surface area contributed by atoms with Crippen molar-refractivity contribution in [3.8, 4) is 5.75 Å². The van der Waals surface area contributed by atoms with Crippen LogP contribution in [0.3, 0.4) is 0 Å². The molecule has 0 spiro atoms. The van der Waals surface area contributed by atoms with Gasteiger partial charge >= 0.3 is 5.97 Å². The highest BCUT2D eigenvalue weighted by atomic mass is 32.2. The summed E-state index contributed by atoms with van der Waals surface area (Å²) >= 11 is 1.20. The topological polar surface area (TPSA) is 84.3 Å². The van der Waals surface area contributed by atoms with E-state index < -0.39 is 17.6 Å². The van der Waals surface area contributed by atoms with Gasteiger partial charge in [0.15, 0.2) is 0 Å². The summed E-state index contributed by atoms with van der Waals surface area (Å²) in [6, 6.07) is 14.6. The number of ether oxygens (including phenoxy) is 2. The van der Waals surface area contributed by atoms with Crippen LogP contribution in [0.4, 0.5) is 14.5 Å². The zero-order chi connectivity index (χ0) is 23.1. The Morgan fingerprint density at radius 1 is 1.12 bits per heavy atom. The summed E-state index contributed by atoms with van der Waals surface area (Å²) in [5.74, 6) is -1.07. The minimum atomic E-state index is -0.883. The number of carbonyl (C=O) groups excluding carboxylic acids is 1. The molecule has 0 aliphatic carbocycles. The van der Waals surface area contributed by atoms with E-state index in [1.807, 2.05) is 12.1 Å². The van der Waals surface area contributed by atoms with E-state index in [0.717, 1.165) is 5.56 Å². The number of carbonyl (C=O) groups is 1. The first-order valence-electron chi connectivity index (χ1n) is 9.46. The first-order valence-corrected chi connectivity index (χ1v) is 10.4. The molecule has 0 saturated heterocycles. The van der Waals surface area contributed by atoms with Gasteiger partial charge < -0.3 is 9.47 Å². The van der Waals surface area contributed by atoms with Crippen LogP contribution in [0.2, 0.25) is 0 Å². The number of thioether (sulfide) groups is 1. The number of halogens is 2. The van der Waals surface area contributed by atoms with Crippen molar-refractivity contribution in [1.29, 1.82) is 0 Å². The highest BCUT2D eigenvalue weighted by Gasteiger charge is 2.23. The van der Waals surface area contributed by atoms with Gasteiger partial charge in [0.1, 0.15) is 17.4 Å². The molecule has 0 atom stereocenters. The van der Waals surface area contributed by atoms with E-state index >= 15 is 4.39 Å². The smallest absolute Gasteiger partial charge is 0.338 e. The predicted molar refractivity (Wildman–Crippen MR) is 118 cm³/mol. The third kappa shape index (κ3) is 5.19. The molecule has 3 aromatic carbocycles. The number of esters is 1. The number of rotatable bonds is 8. The lowest BCUT2D eigenvalue weighted by molar-refractivity contribution is 0.0598. The van der Waals surface area contributed by atoms with Crippen molar-refractivity contribution in [2.75, 3.05) is 14.2 Å². The van der Waals surface area contributed by atoms with Crippen LogP contribution in [-0.4, -0.2) is 20.2 Å². The minimum Gasteiger partial charge on any atom is -0.497 e. The molecule has 0 saturated carbocycles. The maximum atomic E-state index is 15.5. The average molecular weight is 455 g/mol. The highest BCUT2D eigenvalue weighted by molar-refractivity contribution is 7.98. The highest BCUT2D eigenvalue weighted by Crippen LogP contribution is 2.39. The Morgan fingerprint density at radius 3 is 2.47 bits per heavy atom. The number of hydrogen-bond acceptors (Lipinski definition) is 5. The van der Waals surface area contributed by atoms with Crippen molar-refractivity contribution in [3.05, 3.63) is 98.9 Å². The zero-order valence-corrected chi connectivity index (χ0v) is 18.2. The van der Waals surface area contributed by atoms with E-state index in [2.05, 4.69) is 10.0 Å². The van der Waals surface area contributed by atoms with Crippen LogP contribution in [0.15, 0.2) is 64.6 Å². The zero-order valence-electron chi connectivity index (χ0n) is 17.3. The predicted octanol–water partition coefficient (Wildman–Crippen LogP) is 6.58. The molecule has 0 unspecified atom stereocenters. The Bertz CT molecular complexity index is 1180. The maximum Gasteiger partial charge on any atom is 0.338 e. The van der Waals surface area contributed by atoms with Gasteiger partial charge in [-0.15, -0.1) is 11.8 Å².